The minimum atomic E-state index is -4.43. The highest BCUT2D eigenvalue weighted by molar-refractivity contribution is 8.03. The van der Waals surface area contributed by atoms with Crippen LogP contribution in [0.3, 0.4) is 0 Å². The summed E-state index contributed by atoms with van der Waals surface area (Å²) in [4.78, 5) is 20.1. The van der Waals surface area contributed by atoms with Crippen LogP contribution in [0.5, 0.6) is 0 Å². The van der Waals surface area contributed by atoms with Crippen molar-refractivity contribution in [3.05, 3.63) is 62.0 Å². The number of thioether (sulfide) groups is 1. The minimum Gasteiger partial charge on any atom is -0.363 e. The van der Waals surface area contributed by atoms with Gasteiger partial charge in [0, 0.05) is 34.9 Å². The van der Waals surface area contributed by atoms with E-state index in [1.807, 2.05) is 18.7 Å². The highest BCUT2D eigenvalue weighted by atomic mass is 35.5. The third-order valence-electron chi connectivity index (χ3n) is 5.79. The Morgan fingerprint density at radius 3 is 2.76 bits per heavy atom. The number of nitrogens with zero attached hydrogens (tertiary/aromatic N) is 4. The predicted molar refractivity (Wildman–Crippen MR) is 144 cm³/mol. The molecule has 1 aliphatic rings. The standard InChI is InChI=1S/C26H32ClF3N4O2S/c1-5-11-33(21-15-32-34(25(35)24(21)27)23-8-6-7-12-36-23)16-18(3)31-14-19(4)37-22-10-9-17(2)13-20(22)26(28,29)30/h9-10,13-15,23H,5-8,11-12,16H2,1-4H3/b19-14+,31-18+. The van der Waals surface area contributed by atoms with Gasteiger partial charge in [-0.05, 0) is 58.6 Å². The molecule has 1 saturated heterocycles. The van der Waals surface area contributed by atoms with Gasteiger partial charge in [0.25, 0.3) is 5.56 Å². The largest absolute Gasteiger partial charge is 0.417 e. The Hall–Kier alpha value is -2.30. The molecule has 1 aromatic carbocycles. The van der Waals surface area contributed by atoms with Gasteiger partial charge in [0.2, 0.25) is 0 Å². The lowest BCUT2D eigenvalue weighted by Crippen LogP contribution is -2.35. The molecule has 1 atom stereocenters. The molecule has 0 radical (unpaired) electrons. The molecule has 2 heterocycles. The highest BCUT2D eigenvalue weighted by Gasteiger charge is 2.33. The SMILES string of the molecule is CCCN(C/C(C)=N/C=C(\C)Sc1ccc(C)cc1C(F)(F)F)c1cnn(C2CCCCO2)c(=O)c1Cl. The molecular formula is C26H32ClF3N4O2S. The first-order chi connectivity index (χ1) is 17.5. The van der Waals surface area contributed by atoms with Crippen molar-refractivity contribution < 1.29 is 17.9 Å². The van der Waals surface area contributed by atoms with Gasteiger partial charge >= 0.3 is 6.18 Å². The maximum absolute atomic E-state index is 13.4. The molecule has 0 aliphatic carbocycles. The van der Waals surface area contributed by atoms with Crippen LogP contribution in [0.15, 0.2) is 50.2 Å². The lowest BCUT2D eigenvalue weighted by Gasteiger charge is -2.27. The predicted octanol–water partition coefficient (Wildman–Crippen LogP) is 7.25. The maximum atomic E-state index is 13.4. The van der Waals surface area contributed by atoms with Crippen molar-refractivity contribution in [1.82, 2.24) is 9.78 Å². The Balaban J connectivity index is 1.77. The van der Waals surface area contributed by atoms with E-state index in [0.717, 1.165) is 37.1 Å². The summed E-state index contributed by atoms with van der Waals surface area (Å²) in [6, 6.07) is 4.29. The Labute approximate surface area is 224 Å². The topological polar surface area (TPSA) is 59.7 Å². The Morgan fingerprint density at radius 1 is 1.35 bits per heavy atom. The molecule has 1 fully saturated rings. The number of allylic oxidation sites excluding steroid dienone is 1. The maximum Gasteiger partial charge on any atom is 0.417 e. The van der Waals surface area contributed by atoms with Gasteiger partial charge in [0.15, 0.2) is 6.23 Å². The van der Waals surface area contributed by atoms with Crippen molar-refractivity contribution >= 4 is 34.8 Å². The molecule has 6 nitrogen and oxygen atoms in total. The summed E-state index contributed by atoms with van der Waals surface area (Å²) in [6.07, 6.45) is 1.73. The molecular weight excluding hydrogens is 525 g/mol. The number of alkyl halides is 3. The van der Waals surface area contributed by atoms with Crippen molar-refractivity contribution in [3.8, 4) is 0 Å². The number of halogens is 4. The van der Waals surface area contributed by atoms with E-state index in [1.165, 1.54) is 10.7 Å². The van der Waals surface area contributed by atoms with Crippen LogP contribution >= 0.6 is 23.4 Å². The highest BCUT2D eigenvalue weighted by Crippen LogP contribution is 2.39. The van der Waals surface area contributed by atoms with E-state index >= 15 is 0 Å². The Bertz CT molecular complexity index is 1210. The molecule has 0 spiro atoms. The normalized spacial score (nSPS) is 17.2. The van der Waals surface area contributed by atoms with E-state index in [-0.39, 0.29) is 9.92 Å². The van der Waals surface area contributed by atoms with Crippen molar-refractivity contribution in [2.24, 2.45) is 4.99 Å². The fourth-order valence-corrected chi connectivity index (χ4v) is 5.13. The first kappa shape index (κ1) is 29.3. The zero-order chi connectivity index (χ0) is 27.2. The summed E-state index contributed by atoms with van der Waals surface area (Å²) >= 11 is 7.52. The van der Waals surface area contributed by atoms with Gasteiger partial charge in [0.1, 0.15) is 5.02 Å². The molecule has 37 heavy (non-hydrogen) atoms. The summed E-state index contributed by atoms with van der Waals surface area (Å²) in [5.74, 6) is 0. The number of rotatable bonds is 9. The van der Waals surface area contributed by atoms with Gasteiger partial charge in [-0.1, -0.05) is 41.9 Å². The monoisotopic (exact) mass is 556 g/mol. The van der Waals surface area contributed by atoms with E-state index in [9.17, 15) is 18.0 Å². The third-order valence-corrected chi connectivity index (χ3v) is 7.14. The molecule has 1 aromatic heterocycles. The number of benzene rings is 1. The molecule has 3 rings (SSSR count). The van der Waals surface area contributed by atoms with Crippen LogP contribution in [0.1, 0.15) is 63.8 Å². The van der Waals surface area contributed by atoms with Crippen molar-refractivity contribution in [3.63, 3.8) is 0 Å². The summed E-state index contributed by atoms with van der Waals surface area (Å²) in [5, 5.41) is 4.41. The summed E-state index contributed by atoms with van der Waals surface area (Å²) in [7, 11) is 0. The van der Waals surface area contributed by atoms with Crippen LogP contribution in [0.4, 0.5) is 18.9 Å². The Kier molecular flexibility index (Phi) is 10.3. The van der Waals surface area contributed by atoms with E-state index in [2.05, 4.69) is 10.1 Å². The lowest BCUT2D eigenvalue weighted by molar-refractivity contribution is -0.139. The van der Waals surface area contributed by atoms with Gasteiger partial charge < -0.3 is 9.64 Å². The molecule has 2 aromatic rings. The molecule has 0 saturated carbocycles. The third kappa shape index (κ3) is 7.85. The van der Waals surface area contributed by atoms with Crippen LogP contribution < -0.4 is 10.5 Å². The average molecular weight is 557 g/mol. The van der Waals surface area contributed by atoms with Crippen molar-refractivity contribution in [1.29, 1.82) is 0 Å². The lowest BCUT2D eigenvalue weighted by atomic mass is 10.1. The number of hydrogen-bond donors (Lipinski definition) is 0. The molecule has 0 amide bonds. The van der Waals surface area contributed by atoms with Gasteiger partial charge in [-0.15, -0.1) is 0 Å². The molecule has 202 valence electrons. The molecule has 1 unspecified atom stereocenters. The quantitative estimate of drug-likeness (QED) is 0.240. The van der Waals surface area contributed by atoms with Crippen molar-refractivity contribution in [2.75, 3.05) is 24.6 Å². The summed E-state index contributed by atoms with van der Waals surface area (Å²) in [6.45, 7) is 8.77. The number of ether oxygens (including phenoxy) is 1. The average Bonchev–Trinajstić information content (AvgIpc) is 2.85. The number of hydrogen-bond acceptors (Lipinski definition) is 6. The van der Waals surface area contributed by atoms with Crippen LogP contribution in [0, 0.1) is 6.92 Å². The van der Waals surface area contributed by atoms with Crippen LogP contribution in [-0.2, 0) is 10.9 Å². The van der Waals surface area contributed by atoms with E-state index in [0.29, 0.717) is 48.0 Å². The molecule has 0 bridgehead atoms. The fourth-order valence-electron chi connectivity index (χ4n) is 4.01. The zero-order valence-corrected chi connectivity index (χ0v) is 23.0. The first-order valence-electron chi connectivity index (χ1n) is 12.2. The summed E-state index contributed by atoms with van der Waals surface area (Å²) in [5.41, 5.74) is 0.724. The second-order valence-electron chi connectivity index (χ2n) is 9.04. The summed E-state index contributed by atoms with van der Waals surface area (Å²) < 4.78 is 47.3. The number of aryl methyl sites for hydroxylation is 1. The molecule has 1 aliphatic heterocycles. The zero-order valence-electron chi connectivity index (χ0n) is 21.4. The second-order valence-corrected chi connectivity index (χ2v) is 10.7. The van der Waals surface area contributed by atoms with Gasteiger partial charge in [0.05, 0.1) is 24.0 Å². The fraction of sp³-hybridized carbons (Fsp3) is 0.500. The number of aliphatic imine (C=N–C) groups is 1. The van der Waals surface area contributed by atoms with E-state index in [4.69, 9.17) is 16.3 Å². The second kappa shape index (κ2) is 13.0. The minimum absolute atomic E-state index is 0.0757. The van der Waals surface area contributed by atoms with Gasteiger partial charge in [-0.25, -0.2) is 0 Å². The van der Waals surface area contributed by atoms with Crippen LogP contribution in [-0.4, -0.2) is 35.2 Å². The van der Waals surface area contributed by atoms with Gasteiger partial charge in [-0.2, -0.15) is 23.0 Å². The smallest absolute Gasteiger partial charge is 0.363 e. The van der Waals surface area contributed by atoms with E-state index < -0.39 is 23.5 Å². The molecule has 11 heteroatoms. The number of anilines is 1. The van der Waals surface area contributed by atoms with Crippen LogP contribution in [0.2, 0.25) is 5.02 Å². The van der Waals surface area contributed by atoms with Gasteiger partial charge in [-0.3, -0.25) is 9.79 Å². The Morgan fingerprint density at radius 2 is 2.11 bits per heavy atom. The van der Waals surface area contributed by atoms with E-state index in [1.54, 1.807) is 32.3 Å². The van der Waals surface area contributed by atoms with Crippen LogP contribution in [0.25, 0.3) is 0 Å². The van der Waals surface area contributed by atoms with Crippen molar-refractivity contribution in [2.45, 2.75) is 70.7 Å². The first-order valence-corrected chi connectivity index (χ1v) is 13.4. The molecule has 0 N–H and O–H groups in total. The number of aromatic nitrogens is 2.